The monoisotopic (exact) mass is 329 g/mol. The van der Waals surface area contributed by atoms with Crippen LogP contribution in [0, 0.1) is 5.82 Å². The van der Waals surface area contributed by atoms with Gasteiger partial charge in [0.1, 0.15) is 4.21 Å². The molecule has 0 aliphatic carbocycles. The van der Waals surface area contributed by atoms with Crippen LogP contribution >= 0.6 is 11.3 Å². The van der Waals surface area contributed by atoms with Crippen LogP contribution in [0.25, 0.3) is 10.4 Å². The molecule has 0 unspecified atom stereocenters. The van der Waals surface area contributed by atoms with Gasteiger partial charge in [-0.3, -0.25) is 0 Å². The molecule has 2 aromatic rings. The van der Waals surface area contributed by atoms with Crippen LogP contribution in [0.1, 0.15) is 19.8 Å². The van der Waals surface area contributed by atoms with Crippen molar-refractivity contribution in [3.8, 4) is 16.2 Å². The highest BCUT2D eigenvalue weighted by molar-refractivity contribution is 7.91. The van der Waals surface area contributed by atoms with Crippen LogP contribution < -0.4 is 9.88 Å². The van der Waals surface area contributed by atoms with Crippen LogP contribution in [0.3, 0.4) is 0 Å². The number of benzene rings is 1. The van der Waals surface area contributed by atoms with Crippen molar-refractivity contribution >= 4 is 21.4 Å². The van der Waals surface area contributed by atoms with Crippen LogP contribution in [-0.2, 0) is 10.0 Å². The third-order valence-electron chi connectivity index (χ3n) is 2.83. The van der Waals surface area contributed by atoms with Gasteiger partial charge in [-0.05, 0) is 42.3 Å². The fourth-order valence-electron chi connectivity index (χ4n) is 1.73. The van der Waals surface area contributed by atoms with Crippen molar-refractivity contribution in [2.75, 3.05) is 6.61 Å². The van der Waals surface area contributed by atoms with Crippen molar-refractivity contribution < 1.29 is 17.5 Å². The van der Waals surface area contributed by atoms with Crippen molar-refractivity contribution in [2.45, 2.75) is 24.0 Å². The van der Waals surface area contributed by atoms with Gasteiger partial charge in [0.05, 0.1) is 6.61 Å². The van der Waals surface area contributed by atoms with Crippen LogP contribution in [0.4, 0.5) is 4.39 Å². The number of unbranched alkanes of at least 4 members (excludes halogenated alkanes) is 1. The van der Waals surface area contributed by atoms with Crippen molar-refractivity contribution in [1.29, 1.82) is 0 Å². The number of hydrogen-bond donors (Lipinski definition) is 1. The summed E-state index contributed by atoms with van der Waals surface area (Å²) in [6.07, 6.45) is 1.84. The van der Waals surface area contributed by atoms with E-state index in [2.05, 4.69) is 0 Å². The van der Waals surface area contributed by atoms with E-state index >= 15 is 0 Å². The summed E-state index contributed by atoms with van der Waals surface area (Å²) >= 11 is 1.01. The van der Waals surface area contributed by atoms with Crippen LogP contribution in [0.15, 0.2) is 34.5 Å². The summed E-state index contributed by atoms with van der Waals surface area (Å²) < 4.78 is 41.8. The third kappa shape index (κ3) is 4.03. The molecule has 0 atom stereocenters. The van der Waals surface area contributed by atoms with E-state index in [4.69, 9.17) is 9.88 Å². The highest BCUT2D eigenvalue weighted by Crippen LogP contribution is 2.32. The lowest BCUT2D eigenvalue weighted by molar-refractivity contribution is 0.294. The molecule has 0 spiro atoms. The normalized spacial score (nSPS) is 11.6. The first kappa shape index (κ1) is 15.9. The summed E-state index contributed by atoms with van der Waals surface area (Å²) in [5.41, 5.74) is 0.593. The van der Waals surface area contributed by atoms with E-state index in [1.165, 1.54) is 12.1 Å². The molecule has 0 bridgehead atoms. The lowest BCUT2D eigenvalue weighted by Gasteiger charge is -2.07. The van der Waals surface area contributed by atoms with Gasteiger partial charge < -0.3 is 4.74 Å². The maximum absolute atomic E-state index is 13.9. The molecule has 1 heterocycles. The number of hydrogen-bond acceptors (Lipinski definition) is 4. The van der Waals surface area contributed by atoms with Gasteiger partial charge in [-0.15, -0.1) is 11.3 Å². The number of rotatable bonds is 6. The predicted octanol–water partition coefficient (Wildman–Crippen LogP) is 3.38. The summed E-state index contributed by atoms with van der Waals surface area (Å²) in [4.78, 5) is 0.637. The second-order valence-electron chi connectivity index (χ2n) is 4.51. The molecule has 0 saturated carbocycles. The van der Waals surface area contributed by atoms with E-state index < -0.39 is 15.8 Å². The third-order valence-corrected chi connectivity index (χ3v) is 5.41. The molecule has 0 aliphatic rings. The molecule has 0 aliphatic heterocycles. The van der Waals surface area contributed by atoms with E-state index in [1.54, 1.807) is 18.2 Å². The van der Waals surface area contributed by atoms with Gasteiger partial charge in [-0.1, -0.05) is 13.3 Å². The van der Waals surface area contributed by atoms with Gasteiger partial charge in [0.2, 0.25) is 10.0 Å². The summed E-state index contributed by atoms with van der Waals surface area (Å²) in [7, 11) is -3.72. The molecule has 0 saturated heterocycles. The molecule has 1 aromatic heterocycles. The minimum Gasteiger partial charge on any atom is -0.491 e. The summed E-state index contributed by atoms with van der Waals surface area (Å²) in [5.74, 6) is -0.260. The Morgan fingerprint density at radius 2 is 2.05 bits per heavy atom. The molecular formula is C14H16FNO3S2. The largest absolute Gasteiger partial charge is 0.491 e. The number of halogens is 1. The molecule has 21 heavy (non-hydrogen) atoms. The number of sulfonamides is 1. The fraction of sp³-hybridized carbons (Fsp3) is 0.286. The van der Waals surface area contributed by atoms with Crippen molar-refractivity contribution in [2.24, 2.45) is 5.14 Å². The van der Waals surface area contributed by atoms with Crippen LogP contribution in [-0.4, -0.2) is 15.0 Å². The number of ether oxygens (including phenoxy) is 1. The van der Waals surface area contributed by atoms with Crippen molar-refractivity contribution in [1.82, 2.24) is 0 Å². The summed E-state index contributed by atoms with van der Waals surface area (Å²) in [5, 5.41) is 5.06. The molecule has 2 N–H and O–H groups in total. The Bertz CT molecular complexity index is 726. The van der Waals surface area contributed by atoms with E-state index in [0.717, 1.165) is 24.2 Å². The minimum absolute atomic E-state index is 0.0566. The van der Waals surface area contributed by atoms with E-state index in [9.17, 15) is 12.8 Å². The molecule has 0 amide bonds. The molecule has 4 nitrogen and oxygen atoms in total. The summed E-state index contributed by atoms with van der Waals surface area (Å²) in [6.45, 7) is 2.50. The van der Waals surface area contributed by atoms with Crippen molar-refractivity contribution in [3.63, 3.8) is 0 Å². The number of nitrogens with two attached hydrogens (primary N) is 1. The van der Waals surface area contributed by atoms with E-state index in [1.807, 2.05) is 6.92 Å². The molecule has 1 aromatic carbocycles. The topological polar surface area (TPSA) is 69.4 Å². The average Bonchev–Trinajstić information content (AvgIpc) is 2.90. The molecular weight excluding hydrogens is 313 g/mol. The van der Waals surface area contributed by atoms with E-state index in [-0.39, 0.29) is 9.96 Å². The Balaban J connectivity index is 2.22. The smallest absolute Gasteiger partial charge is 0.247 e. The highest BCUT2D eigenvalue weighted by atomic mass is 32.2. The highest BCUT2D eigenvalue weighted by Gasteiger charge is 2.13. The molecule has 114 valence electrons. The van der Waals surface area contributed by atoms with Gasteiger partial charge in [0, 0.05) is 4.88 Å². The zero-order valence-corrected chi connectivity index (χ0v) is 13.1. The Morgan fingerprint density at radius 1 is 1.29 bits per heavy atom. The van der Waals surface area contributed by atoms with Gasteiger partial charge >= 0.3 is 0 Å². The minimum atomic E-state index is -3.72. The maximum atomic E-state index is 13.9. The zero-order chi connectivity index (χ0) is 15.5. The zero-order valence-electron chi connectivity index (χ0n) is 11.5. The second kappa shape index (κ2) is 6.55. The maximum Gasteiger partial charge on any atom is 0.247 e. The average molecular weight is 329 g/mol. The first-order chi connectivity index (χ1) is 9.91. The van der Waals surface area contributed by atoms with Gasteiger partial charge in [-0.2, -0.15) is 0 Å². The number of thiophene rings is 1. The Morgan fingerprint density at radius 3 is 2.62 bits per heavy atom. The van der Waals surface area contributed by atoms with Crippen molar-refractivity contribution in [3.05, 3.63) is 36.1 Å². The van der Waals surface area contributed by atoms with Gasteiger partial charge in [-0.25, -0.2) is 17.9 Å². The van der Waals surface area contributed by atoms with E-state index in [0.29, 0.717) is 17.0 Å². The lowest BCUT2D eigenvalue weighted by Crippen LogP contribution is -2.09. The fourth-order valence-corrected chi connectivity index (χ4v) is 3.45. The number of primary sulfonamides is 1. The molecule has 0 fully saturated rings. The lowest BCUT2D eigenvalue weighted by atomic mass is 10.2. The summed E-state index contributed by atoms with van der Waals surface area (Å²) in [6, 6.07) is 7.61. The molecule has 7 heteroatoms. The Labute approximate surface area is 127 Å². The molecule has 0 radical (unpaired) electrons. The van der Waals surface area contributed by atoms with Crippen LogP contribution in [0.5, 0.6) is 5.75 Å². The standard InChI is InChI=1S/C14H16FNO3S2/c1-2-3-8-19-12-5-4-10(9-11(12)15)13-6-7-14(20-13)21(16,17)18/h4-7,9H,2-3,8H2,1H3,(H2,16,17,18). The Kier molecular flexibility index (Phi) is 4.97. The first-order valence-corrected chi connectivity index (χ1v) is 8.83. The van der Waals surface area contributed by atoms with Gasteiger partial charge in [0.25, 0.3) is 0 Å². The first-order valence-electron chi connectivity index (χ1n) is 6.47. The molecule has 2 rings (SSSR count). The SMILES string of the molecule is CCCCOc1ccc(-c2ccc(S(N)(=O)=O)s2)cc1F. The second-order valence-corrected chi connectivity index (χ2v) is 7.38. The Hall–Kier alpha value is -1.44. The predicted molar refractivity (Wildman–Crippen MR) is 81.5 cm³/mol. The quantitative estimate of drug-likeness (QED) is 0.826. The van der Waals surface area contributed by atoms with Gasteiger partial charge in [0.15, 0.2) is 11.6 Å². The van der Waals surface area contributed by atoms with Crippen LogP contribution in [0.2, 0.25) is 0 Å².